The molecule has 0 aromatic heterocycles. The highest BCUT2D eigenvalue weighted by Crippen LogP contribution is 2.29. The highest BCUT2D eigenvalue weighted by molar-refractivity contribution is 6.00. The summed E-state index contributed by atoms with van der Waals surface area (Å²) in [5, 5.41) is 0. The van der Waals surface area contributed by atoms with Crippen LogP contribution in [-0.4, -0.2) is 12.4 Å². The maximum atomic E-state index is 11.5. The van der Waals surface area contributed by atoms with Gasteiger partial charge in [-0.15, -0.1) is 0 Å². The first-order valence-electron chi connectivity index (χ1n) is 4.46. The molecule has 1 aromatic carbocycles. The summed E-state index contributed by atoms with van der Waals surface area (Å²) in [5.74, 6) is 0.981. The van der Waals surface area contributed by atoms with E-state index in [1.807, 2.05) is 26.0 Å². The number of hydrogen-bond donors (Lipinski definition) is 0. The van der Waals surface area contributed by atoms with Crippen molar-refractivity contribution in [2.24, 2.45) is 0 Å². The topological polar surface area (TPSA) is 26.3 Å². The molecule has 0 N–H and O–H groups in total. The van der Waals surface area contributed by atoms with Gasteiger partial charge in [0, 0.05) is 6.42 Å². The molecule has 0 bridgehead atoms. The summed E-state index contributed by atoms with van der Waals surface area (Å²) >= 11 is 0. The minimum Gasteiger partial charge on any atom is -0.492 e. The minimum atomic E-state index is 0.202. The molecule has 1 aliphatic rings. The lowest BCUT2D eigenvalue weighted by molar-refractivity contribution is 0.0932. The summed E-state index contributed by atoms with van der Waals surface area (Å²) in [5.41, 5.74) is 2.93. The quantitative estimate of drug-likeness (QED) is 0.606. The van der Waals surface area contributed by atoms with Crippen molar-refractivity contribution in [3.8, 4) is 5.75 Å². The molecule has 0 unspecified atom stereocenters. The number of rotatable bonds is 0. The molecule has 68 valence electrons. The summed E-state index contributed by atoms with van der Waals surface area (Å²) in [7, 11) is 0. The zero-order chi connectivity index (χ0) is 9.42. The number of carbonyl (C=O) groups excluding carboxylic acids is 1. The largest absolute Gasteiger partial charge is 0.492 e. The number of ether oxygens (including phenoxy) is 1. The van der Waals surface area contributed by atoms with Crippen molar-refractivity contribution >= 4 is 5.78 Å². The van der Waals surface area contributed by atoms with Crippen LogP contribution in [0.2, 0.25) is 0 Å². The fraction of sp³-hybridized carbons (Fsp3) is 0.364. The van der Waals surface area contributed by atoms with Crippen LogP contribution in [0.4, 0.5) is 0 Å². The normalized spacial score (nSPS) is 15.1. The van der Waals surface area contributed by atoms with Crippen LogP contribution in [0.3, 0.4) is 0 Å². The monoisotopic (exact) mass is 176 g/mol. The SMILES string of the molecule is Cc1cc(C)c2c(c1)C(=O)CCO2. The average Bonchev–Trinajstić information content (AvgIpc) is 2.07. The van der Waals surface area contributed by atoms with E-state index in [4.69, 9.17) is 4.74 Å². The molecular weight excluding hydrogens is 164 g/mol. The van der Waals surface area contributed by atoms with Gasteiger partial charge in [0.25, 0.3) is 0 Å². The molecule has 0 radical (unpaired) electrons. The number of aryl methyl sites for hydroxylation is 2. The summed E-state index contributed by atoms with van der Waals surface area (Å²) < 4.78 is 5.46. The number of benzene rings is 1. The lowest BCUT2D eigenvalue weighted by Crippen LogP contribution is -2.16. The maximum Gasteiger partial charge on any atom is 0.170 e. The average molecular weight is 176 g/mol. The van der Waals surface area contributed by atoms with Crippen LogP contribution in [0.5, 0.6) is 5.75 Å². The van der Waals surface area contributed by atoms with Gasteiger partial charge in [-0.25, -0.2) is 0 Å². The molecule has 2 nitrogen and oxygen atoms in total. The first kappa shape index (κ1) is 8.30. The van der Waals surface area contributed by atoms with Gasteiger partial charge in [-0.05, 0) is 31.0 Å². The second-order valence-corrected chi connectivity index (χ2v) is 3.48. The molecule has 0 aliphatic carbocycles. The highest BCUT2D eigenvalue weighted by Gasteiger charge is 2.19. The van der Waals surface area contributed by atoms with Gasteiger partial charge in [0.15, 0.2) is 5.78 Å². The molecular formula is C11H12O2. The molecule has 0 saturated heterocycles. The van der Waals surface area contributed by atoms with E-state index in [-0.39, 0.29) is 5.78 Å². The Bertz CT molecular complexity index is 367. The molecule has 0 spiro atoms. The second kappa shape index (κ2) is 2.87. The summed E-state index contributed by atoms with van der Waals surface area (Å²) in [6.45, 7) is 4.50. The van der Waals surface area contributed by atoms with Gasteiger partial charge >= 0.3 is 0 Å². The van der Waals surface area contributed by atoms with Crippen LogP contribution in [0.25, 0.3) is 0 Å². The van der Waals surface area contributed by atoms with Crippen LogP contribution in [0, 0.1) is 13.8 Å². The molecule has 2 heteroatoms. The lowest BCUT2D eigenvalue weighted by atomic mass is 9.99. The van der Waals surface area contributed by atoms with Gasteiger partial charge in [0.1, 0.15) is 5.75 Å². The standard InChI is InChI=1S/C11H12O2/c1-7-5-8(2)11-9(6-7)10(12)3-4-13-11/h5-6H,3-4H2,1-2H3. The molecule has 0 saturated carbocycles. The predicted octanol–water partition coefficient (Wildman–Crippen LogP) is 2.27. The van der Waals surface area contributed by atoms with Crippen LogP contribution in [0.15, 0.2) is 12.1 Å². The Morgan fingerprint density at radius 1 is 1.31 bits per heavy atom. The van der Waals surface area contributed by atoms with Crippen molar-refractivity contribution in [3.05, 3.63) is 28.8 Å². The van der Waals surface area contributed by atoms with Gasteiger partial charge in [-0.3, -0.25) is 4.79 Å². The first-order valence-corrected chi connectivity index (χ1v) is 4.46. The van der Waals surface area contributed by atoms with Gasteiger partial charge in [0.05, 0.1) is 12.2 Å². The molecule has 1 aliphatic heterocycles. The van der Waals surface area contributed by atoms with Crippen molar-refractivity contribution in [2.75, 3.05) is 6.61 Å². The predicted molar refractivity (Wildman–Crippen MR) is 50.4 cm³/mol. The van der Waals surface area contributed by atoms with Crippen molar-refractivity contribution < 1.29 is 9.53 Å². The molecule has 1 aromatic rings. The zero-order valence-corrected chi connectivity index (χ0v) is 7.89. The van der Waals surface area contributed by atoms with Crippen LogP contribution >= 0.6 is 0 Å². The molecule has 2 rings (SSSR count). The Labute approximate surface area is 77.5 Å². The van der Waals surface area contributed by atoms with Gasteiger partial charge in [-0.1, -0.05) is 6.07 Å². The van der Waals surface area contributed by atoms with E-state index in [0.717, 1.165) is 22.4 Å². The van der Waals surface area contributed by atoms with E-state index in [1.54, 1.807) is 0 Å². The lowest BCUT2D eigenvalue weighted by Gasteiger charge is -2.18. The number of ketones is 1. The molecule has 13 heavy (non-hydrogen) atoms. The molecule has 0 amide bonds. The van der Waals surface area contributed by atoms with Crippen molar-refractivity contribution in [1.82, 2.24) is 0 Å². The number of fused-ring (bicyclic) bond motifs is 1. The Hall–Kier alpha value is -1.31. The van der Waals surface area contributed by atoms with E-state index in [1.165, 1.54) is 0 Å². The first-order chi connectivity index (χ1) is 6.18. The van der Waals surface area contributed by atoms with Crippen molar-refractivity contribution in [3.63, 3.8) is 0 Å². The fourth-order valence-corrected chi connectivity index (χ4v) is 1.73. The number of hydrogen-bond acceptors (Lipinski definition) is 2. The van der Waals surface area contributed by atoms with Crippen molar-refractivity contribution in [1.29, 1.82) is 0 Å². The minimum absolute atomic E-state index is 0.202. The van der Waals surface area contributed by atoms with E-state index in [0.29, 0.717) is 13.0 Å². The van der Waals surface area contributed by atoms with Crippen molar-refractivity contribution in [2.45, 2.75) is 20.3 Å². The van der Waals surface area contributed by atoms with E-state index < -0.39 is 0 Å². The van der Waals surface area contributed by atoms with Gasteiger partial charge < -0.3 is 4.74 Å². The Balaban J connectivity index is 2.63. The van der Waals surface area contributed by atoms with Crippen LogP contribution in [-0.2, 0) is 0 Å². The second-order valence-electron chi connectivity index (χ2n) is 3.48. The van der Waals surface area contributed by atoms with E-state index in [2.05, 4.69) is 0 Å². The van der Waals surface area contributed by atoms with Crippen LogP contribution < -0.4 is 4.74 Å². The van der Waals surface area contributed by atoms with E-state index >= 15 is 0 Å². The smallest absolute Gasteiger partial charge is 0.170 e. The third-order valence-electron chi connectivity index (χ3n) is 2.29. The molecule has 0 atom stereocenters. The Morgan fingerprint density at radius 2 is 2.08 bits per heavy atom. The van der Waals surface area contributed by atoms with E-state index in [9.17, 15) is 4.79 Å². The summed E-state index contributed by atoms with van der Waals surface area (Å²) in [6, 6.07) is 3.95. The zero-order valence-electron chi connectivity index (χ0n) is 7.89. The fourth-order valence-electron chi connectivity index (χ4n) is 1.73. The van der Waals surface area contributed by atoms with Gasteiger partial charge in [0.2, 0.25) is 0 Å². The Kier molecular flexibility index (Phi) is 1.83. The Morgan fingerprint density at radius 3 is 2.85 bits per heavy atom. The molecule has 0 fully saturated rings. The third kappa shape index (κ3) is 1.32. The number of Topliss-reactive ketones (excluding diaryl/α,β-unsaturated/α-hetero) is 1. The van der Waals surface area contributed by atoms with Gasteiger partial charge in [-0.2, -0.15) is 0 Å². The third-order valence-corrected chi connectivity index (χ3v) is 2.29. The summed E-state index contributed by atoms with van der Waals surface area (Å²) in [4.78, 5) is 11.5. The number of carbonyl (C=O) groups is 1. The highest BCUT2D eigenvalue weighted by atomic mass is 16.5. The molecule has 1 heterocycles. The van der Waals surface area contributed by atoms with Crippen LogP contribution in [0.1, 0.15) is 27.9 Å². The summed E-state index contributed by atoms with van der Waals surface area (Å²) in [6.07, 6.45) is 0.510. The maximum absolute atomic E-state index is 11.5.